The normalized spacial score (nSPS) is 14.0. The average molecular weight is 219 g/mol. The largest absolute Gasteiger partial charge is 0.260 e. The summed E-state index contributed by atoms with van der Waals surface area (Å²) in [5.74, 6) is 0. The number of benzene rings is 2. The molecule has 0 unspecified atom stereocenters. The van der Waals surface area contributed by atoms with Crippen LogP contribution in [0.5, 0.6) is 0 Å². The molecule has 0 atom stereocenters. The van der Waals surface area contributed by atoms with Gasteiger partial charge in [0.1, 0.15) is 0 Å². The lowest BCUT2D eigenvalue weighted by Crippen LogP contribution is -1.83. The molecule has 0 radical (unpaired) electrons. The Balaban J connectivity index is 2.40. The van der Waals surface area contributed by atoms with Gasteiger partial charge in [-0.3, -0.25) is 4.99 Å². The summed E-state index contributed by atoms with van der Waals surface area (Å²) in [4.78, 5) is 4.59. The van der Waals surface area contributed by atoms with Crippen molar-refractivity contribution in [2.24, 2.45) is 4.99 Å². The van der Waals surface area contributed by atoms with Crippen LogP contribution in [0.2, 0.25) is 0 Å². The Bertz CT molecular complexity index is 648. The summed E-state index contributed by atoms with van der Waals surface area (Å²) < 4.78 is 0. The fraction of sp³-hybridized carbons (Fsp3) is 0.0625. The molecule has 0 fully saturated rings. The van der Waals surface area contributed by atoms with Crippen LogP contribution in [0.15, 0.2) is 60.1 Å². The molecule has 1 heteroatoms. The summed E-state index contributed by atoms with van der Waals surface area (Å²) in [6, 6.07) is 12.6. The smallest absolute Gasteiger partial charge is 0.0782 e. The molecule has 2 aromatic rings. The Hall–Kier alpha value is -2.15. The van der Waals surface area contributed by atoms with Crippen molar-refractivity contribution >= 4 is 28.2 Å². The Morgan fingerprint density at radius 2 is 2.00 bits per heavy atom. The molecule has 0 bridgehead atoms. The Kier molecular flexibility index (Phi) is 2.37. The molecule has 3 rings (SSSR count). The molecular formula is C16H13N. The van der Waals surface area contributed by atoms with Crippen molar-refractivity contribution in [3.8, 4) is 0 Å². The molecule has 0 saturated heterocycles. The van der Waals surface area contributed by atoms with Crippen LogP contribution in [0.25, 0.3) is 16.3 Å². The summed E-state index contributed by atoms with van der Waals surface area (Å²) in [6.45, 7) is 3.88. The van der Waals surface area contributed by atoms with E-state index in [-0.39, 0.29) is 0 Å². The van der Waals surface area contributed by atoms with E-state index in [4.69, 9.17) is 0 Å². The maximum Gasteiger partial charge on any atom is 0.0782 e. The van der Waals surface area contributed by atoms with Gasteiger partial charge in [0.25, 0.3) is 0 Å². The summed E-state index contributed by atoms with van der Waals surface area (Å²) >= 11 is 0. The zero-order chi connectivity index (χ0) is 11.7. The van der Waals surface area contributed by atoms with Crippen LogP contribution in [0, 0.1) is 0 Å². The molecule has 0 aliphatic carbocycles. The summed E-state index contributed by atoms with van der Waals surface area (Å²) in [5.41, 5.74) is 3.41. The van der Waals surface area contributed by atoms with E-state index in [1.54, 1.807) is 0 Å². The molecular weight excluding hydrogens is 206 g/mol. The lowest BCUT2D eigenvalue weighted by molar-refractivity contribution is 1.51. The number of fused-ring (bicyclic) bond motifs is 3. The third kappa shape index (κ3) is 1.60. The highest BCUT2D eigenvalue weighted by Gasteiger charge is 2.10. The van der Waals surface area contributed by atoms with Crippen LogP contribution in [0.3, 0.4) is 0 Å². The third-order valence-electron chi connectivity index (χ3n) is 3.10. The summed E-state index contributed by atoms with van der Waals surface area (Å²) in [6.07, 6.45) is 6.89. The number of nitrogens with zero attached hydrogens (tertiary/aromatic N) is 1. The highest BCUT2D eigenvalue weighted by molar-refractivity contribution is 6.01. The van der Waals surface area contributed by atoms with Crippen molar-refractivity contribution in [1.82, 2.24) is 0 Å². The number of rotatable bonds is 1. The Morgan fingerprint density at radius 3 is 2.88 bits per heavy atom. The van der Waals surface area contributed by atoms with Crippen molar-refractivity contribution < 1.29 is 0 Å². The Morgan fingerprint density at radius 1 is 1.12 bits per heavy atom. The second-order valence-corrected chi connectivity index (χ2v) is 4.09. The molecule has 1 heterocycles. The first-order valence-corrected chi connectivity index (χ1v) is 5.77. The first-order valence-electron chi connectivity index (χ1n) is 5.77. The molecule has 82 valence electrons. The molecule has 1 aliphatic rings. The highest BCUT2D eigenvalue weighted by atomic mass is 14.7. The molecule has 1 aliphatic heterocycles. The van der Waals surface area contributed by atoms with E-state index in [1.807, 2.05) is 12.3 Å². The lowest BCUT2D eigenvalue weighted by Gasteiger charge is -2.08. The molecule has 0 aromatic heterocycles. The van der Waals surface area contributed by atoms with Crippen LogP contribution < -0.4 is 0 Å². The molecule has 0 spiro atoms. The van der Waals surface area contributed by atoms with Gasteiger partial charge in [-0.15, -0.1) is 0 Å². The van der Waals surface area contributed by atoms with Gasteiger partial charge in [0.15, 0.2) is 0 Å². The minimum Gasteiger partial charge on any atom is -0.260 e. The van der Waals surface area contributed by atoms with Gasteiger partial charge in [0, 0.05) is 23.6 Å². The van der Waals surface area contributed by atoms with Gasteiger partial charge in [0.2, 0.25) is 0 Å². The number of hydrogen-bond donors (Lipinski definition) is 0. The van der Waals surface area contributed by atoms with Gasteiger partial charge in [-0.2, -0.15) is 0 Å². The molecule has 0 amide bonds. The molecule has 0 saturated carbocycles. The zero-order valence-corrected chi connectivity index (χ0v) is 9.56. The predicted octanol–water partition coefficient (Wildman–Crippen LogP) is 4.52. The minimum atomic E-state index is 0.865. The zero-order valence-electron chi connectivity index (χ0n) is 9.56. The van der Waals surface area contributed by atoms with Crippen LogP contribution in [-0.2, 0) is 0 Å². The second kappa shape index (κ2) is 4.02. The fourth-order valence-corrected chi connectivity index (χ4v) is 2.25. The first kappa shape index (κ1) is 10.0. The van der Waals surface area contributed by atoms with Crippen molar-refractivity contribution in [1.29, 1.82) is 0 Å². The first-order chi connectivity index (χ1) is 8.40. The highest BCUT2D eigenvalue weighted by Crippen LogP contribution is 2.35. The van der Waals surface area contributed by atoms with Crippen molar-refractivity contribution in [2.75, 3.05) is 0 Å². The van der Waals surface area contributed by atoms with Crippen LogP contribution >= 0.6 is 0 Å². The fourth-order valence-electron chi connectivity index (χ4n) is 2.25. The predicted molar refractivity (Wildman–Crippen MR) is 74.9 cm³/mol. The molecule has 0 N–H and O–H groups in total. The maximum atomic E-state index is 4.59. The van der Waals surface area contributed by atoms with E-state index in [0.717, 1.165) is 12.1 Å². The van der Waals surface area contributed by atoms with E-state index >= 15 is 0 Å². The van der Waals surface area contributed by atoms with Gasteiger partial charge >= 0.3 is 0 Å². The topological polar surface area (TPSA) is 12.4 Å². The molecule has 17 heavy (non-hydrogen) atoms. The molecule has 2 aromatic carbocycles. The van der Waals surface area contributed by atoms with Crippen molar-refractivity contribution in [2.45, 2.75) is 6.42 Å². The van der Waals surface area contributed by atoms with E-state index in [2.05, 4.69) is 54.0 Å². The van der Waals surface area contributed by atoms with E-state index in [0.29, 0.717) is 0 Å². The quantitative estimate of drug-likeness (QED) is 0.669. The standard InChI is InChI=1S/C16H13N/c1-2-12-7-5-11-17-16-14-8-4-3-6-13(14)9-10-15(12)16/h2-4,6-11H,1,5H2. The maximum absolute atomic E-state index is 4.59. The van der Waals surface area contributed by atoms with Gasteiger partial charge in [-0.25, -0.2) is 0 Å². The third-order valence-corrected chi connectivity index (χ3v) is 3.10. The summed E-state index contributed by atoms with van der Waals surface area (Å²) in [5, 5.41) is 2.43. The van der Waals surface area contributed by atoms with Crippen LogP contribution in [0.4, 0.5) is 5.69 Å². The van der Waals surface area contributed by atoms with Gasteiger partial charge in [-0.1, -0.05) is 55.1 Å². The molecule has 1 nitrogen and oxygen atoms in total. The van der Waals surface area contributed by atoms with Crippen molar-refractivity contribution in [3.05, 3.63) is 60.7 Å². The van der Waals surface area contributed by atoms with E-state index < -0.39 is 0 Å². The van der Waals surface area contributed by atoms with E-state index in [1.165, 1.54) is 21.9 Å². The SMILES string of the molecule is C=CC1=CCC=Nc2c1ccc1ccccc21. The van der Waals surface area contributed by atoms with E-state index in [9.17, 15) is 0 Å². The number of aliphatic imine (C=N–C) groups is 1. The van der Waals surface area contributed by atoms with Crippen LogP contribution in [0.1, 0.15) is 12.0 Å². The van der Waals surface area contributed by atoms with Gasteiger partial charge < -0.3 is 0 Å². The average Bonchev–Trinajstić information content (AvgIpc) is 2.60. The minimum absolute atomic E-state index is 0.865. The van der Waals surface area contributed by atoms with Crippen LogP contribution in [-0.4, -0.2) is 6.21 Å². The van der Waals surface area contributed by atoms with Crippen molar-refractivity contribution in [3.63, 3.8) is 0 Å². The second-order valence-electron chi connectivity index (χ2n) is 4.09. The monoisotopic (exact) mass is 219 g/mol. The number of hydrogen-bond acceptors (Lipinski definition) is 1. The number of allylic oxidation sites excluding steroid dienone is 3. The Labute approximate surface area is 101 Å². The lowest BCUT2D eigenvalue weighted by atomic mass is 9.98. The van der Waals surface area contributed by atoms with Gasteiger partial charge in [-0.05, 0) is 11.0 Å². The van der Waals surface area contributed by atoms with Gasteiger partial charge in [0.05, 0.1) is 5.69 Å². The summed E-state index contributed by atoms with van der Waals surface area (Å²) in [7, 11) is 0.